The van der Waals surface area contributed by atoms with E-state index in [1.165, 1.54) is 12.8 Å². The molecule has 0 saturated carbocycles. The molecular formula is C17H19N5. The zero-order valence-electron chi connectivity index (χ0n) is 12.7. The number of aromatic nitrogens is 4. The van der Waals surface area contributed by atoms with Crippen LogP contribution in [0.15, 0.2) is 42.9 Å². The Morgan fingerprint density at radius 2 is 2.00 bits per heavy atom. The van der Waals surface area contributed by atoms with Crippen LogP contribution in [0.3, 0.4) is 0 Å². The second-order valence-electron chi connectivity index (χ2n) is 6.02. The fraction of sp³-hybridized carbons (Fsp3) is 0.353. The molecule has 2 aromatic heterocycles. The molecule has 4 rings (SSSR count). The fourth-order valence-corrected chi connectivity index (χ4v) is 3.22. The Kier molecular flexibility index (Phi) is 3.25. The van der Waals surface area contributed by atoms with E-state index in [-0.39, 0.29) is 0 Å². The summed E-state index contributed by atoms with van der Waals surface area (Å²) in [6.45, 7) is 4.42. The van der Waals surface area contributed by atoms with Gasteiger partial charge in [-0.1, -0.05) is 25.1 Å². The van der Waals surface area contributed by atoms with Crippen LogP contribution in [0, 0.1) is 5.92 Å². The van der Waals surface area contributed by atoms with E-state index in [0.717, 1.165) is 35.6 Å². The molecule has 0 unspecified atom stereocenters. The average Bonchev–Trinajstić information content (AvgIpc) is 2.99. The lowest BCUT2D eigenvalue weighted by molar-refractivity contribution is 0.445. The van der Waals surface area contributed by atoms with Crippen molar-refractivity contribution >= 4 is 16.9 Å². The van der Waals surface area contributed by atoms with Crippen molar-refractivity contribution in [2.75, 3.05) is 18.0 Å². The maximum Gasteiger partial charge on any atom is 0.168 e. The van der Waals surface area contributed by atoms with Crippen molar-refractivity contribution in [1.29, 1.82) is 0 Å². The molecule has 3 aromatic rings. The van der Waals surface area contributed by atoms with Crippen molar-refractivity contribution in [2.45, 2.75) is 19.8 Å². The monoisotopic (exact) mass is 293 g/mol. The zero-order chi connectivity index (χ0) is 14.9. The highest BCUT2D eigenvalue weighted by Gasteiger charge is 2.21. The second-order valence-corrected chi connectivity index (χ2v) is 6.02. The summed E-state index contributed by atoms with van der Waals surface area (Å²) in [6.07, 6.45) is 6.06. The smallest absolute Gasteiger partial charge is 0.168 e. The highest BCUT2D eigenvalue weighted by Crippen LogP contribution is 2.28. The molecule has 5 nitrogen and oxygen atoms in total. The molecule has 112 valence electrons. The first-order valence-electron chi connectivity index (χ1n) is 7.82. The largest absolute Gasteiger partial charge is 0.356 e. The Balaban J connectivity index is 1.80. The third kappa shape index (κ3) is 2.22. The van der Waals surface area contributed by atoms with Gasteiger partial charge >= 0.3 is 0 Å². The number of hydrogen-bond acceptors (Lipinski definition) is 4. The topological polar surface area (TPSA) is 46.8 Å². The van der Waals surface area contributed by atoms with Gasteiger partial charge in [-0.3, -0.25) is 0 Å². The maximum absolute atomic E-state index is 4.53. The van der Waals surface area contributed by atoms with E-state index in [2.05, 4.69) is 26.9 Å². The summed E-state index contributed by atoms with van der Waals surface area (Å²) in [7, 11) is 0. The minimum absolute atomic E-state index is 0.711. The van der Waals surface area contributed by atoms with Crippen molar-refractivity contribution in [2.24, 2.45) is 5.92 Å². The lowest BCUT2D eigenvalue weighted by Gasteiger charge is -2.31. The number of benzene rings is 1. The maximum atomic E-state index is 4.53. The number of fused-ring (bicyclic) bond motifs is 1. The zero-order valence-corrected chi connectivity index (χ0v) is 12.7. The number of para-hydroxylation sites is 1. The van der Waals surface area contributed by atoms with Gasteiger partial charge < -0.3 is 4.90 Å². The molecule has 5 heteroatoms. The van der Waals surface area contributed by atoms with Crippen molar-refractivity contribution in [3.63, 3.8) is 0 Å². The SMILES string of the molecule is C[C@H]1CCCN(c2ncnc3c2cnn3-c2ccccc2)C1. The molecule has 0 spiro atoms. The van der Waals surface area contributed by atoms with Crippen LogP contribution in [0.4, 0.5) is 5.82 Å². The van der Waals surface area contributed by atoms with Crippen molar-refractivity contribution < 1.29 is 0 Å². The molecule has 1 saturated heterocycles. The first-order chi connectivity index (χ1) is 10.8. The molecule has 3 heterocycles. The number of rotatable bonds is 2. The van der Waals surface area contributed by atoms with Crippen LogP contribution < -0.4 is 4.90 Å². The Bertz CT molecular complexity index is 780. The Hall–Kier alpha value is -2.43. The Labute approximate surface area is 129 Å². The lowest BCUT2D eigenvalue weighted by atomic mass is 10.0. The fourth-order valence-electron chi connectivity index (χ4n) is 3.22. The van der Waals surface area contributed by atoms with E-state index in [4.69, 9.17) is 0 Å². The highest BCUT2D eigenvalue weighted by atomic mass is 15.3. The molecule has 0 amide bonds. The van der Waals surface area contributed by atoms with Crippen LogP contribution in [0.5, 0.6) is 0 Å². The van der Waals surface area contributed by atoms with Gasteiger partial charge in [-0.2, -0.15) is 5.10 Å². The minimum Gasteiger partial charge on any atom is -0.356 e. The molecule has 1 aliphatic rings. The molecule has 0 aliphatic carbocycles. The van der Waals surface area contributed by atoms with E-state index in [1.54, 1.807) is 6.33 Å². The van der Waals surface area contributed by atoms with Crippen LogP contribution in [-0.4, -0.2) is 32.8 Å². The predicted molar refractivity (Wildman–Crippen MR) is 87.3 cm³/mol. The van der Waals surface area contributed by atoms with Crippen LogP contribution in [-0.2, 0) is 0 Å². The van der Waals surface area contributed by atoms with E-state index < -0.39 is 0 Å². The van der Waals surface area contributed by atoms with Gasteiger partial charge in [0.2, 0.25) is 0 Å². The van der Waals surface area contributed by atoms with Crippen LogP contribution >= 0.6 is 0 Å². The van der Waals surface area contributed by atoms with Gasteiger partial charge in [0.1, 0.15) is 12.1 Å². The predicted octanol–water partition coefficient (Wildman–Crippen LogP) is 3.05. The molecule has 1 atom stereocenters. The normalized spacial score (nSPS) is 18.8. The number of hydrogen-bond donors (Lipinski definition) is 0. The molecule has 1 fully saturated rings. The molecule has 0 bridgehead atoms. The molecule has 1 aliphatic heterocycles. The van der Waals surface area contributed by atoms with Gasteiger partial charge in [0.05, 0.1) is 17.3 Å². The number of nitrogens with zero attached hydrogens (tertiary/aromatic N) is 5. The first-order valence-corrected chi connectivity index (χ1v) is 7.82. The van der Waals surface area contributed by atoms with Gasteiger partial charge in [-0.05, 0) is 30.9 Å². The first kappa shape index (κ1) is 13.2. The Morgan fingerprint density at radius 1 is 1.14 bits per heavy atom. The lowest BCUT2D eigenvalue weighted by Crippen LogP contribution is -2.34. The standard InChI is InChI=1S/C17H19N5/c1-13-6-5-9-21(11-13)16-15-10-20-22(17(15)19-12-18-16)14-7-3-2-4-8-14/h2-4,7-8,10,12-13H,5-6,9,11H2,1H3/t13-/m0/s1. The molecule has 0 radical (unpaired) electrons. The summed E-state index contributed by atoms with van der Waals surface area (Å²) in [5.74, 6) is 1.72. The van der Waals surface area contributed by atoms with Gasteiger partial charge in [-0.25, -0.2) is 14.6 Å². The number of anilines is 1. The third-order valence-electron chi connectivity index (χ3n) is 4.30. The average molecular weight is 293 g/mol. The summed E-state index contributed by atoms with van der Waals surface area (Å²) >= 11 is 0. The molecular weight excluding hydrogens is 274 g/mol. The van der Waals surface area contributed by atoms with Crippen LogP contribution in [0.1, 0.15) is 19.8 Å². The summed E-state index contributed by atoms with van der Waals surface area (Å²) < 4.78 is 1.88. The summed E-state index contributed by atoms with van der Waals surface area (Å²) in [6, 6.07) is 10.1. The van der Waals surface area contributed by atoms with Gasteiger partial charge in [0.25, 0.3) is 0 Å². The summed E-state index contributed by atoms with van der Waals surface area (Å²) in [4.78, 5) is 11.4. The summed E-state index contributed by atoms with van der Waals surface area (Å²) in [5.41, 5.74) is 1.89. The third-order valence-corrected chi connectivity index (χ3v) is 4.30. The van der Waals surface area contributed by atoms with E-state index in [9.17, 15) is 0 Å². The van der Waals surface area contributed by atoms with Crippen LogP contribution in [0.25, 0.3) is 16.7 Å². The molecule has 0 N–H and O–H groups in total. The summed E-state index contributed by atoms with van der Waals surface area (Å²) in [5, 5.41) is 5.56. The van der Waals surface area contributed by atoms with Crippen molar-refractivity contribution in [1.82, 2.24) is 19.7 Å². The Morgan fingerprint density at radius 3 is 2.82 bits per heavy atom. The van der Waals surface area contributed by atoms with Gasteiger partial charge in [0, 0.05) is 13.1 Å². The minimum atomic E-state index is 0.711. The van der Waals surface area contributed by atoms with Crippen LogP contribution in [0.2, 0.25) is 0 Å². The van der Waals surface area contributed by atoms with Crippen molar-refractivity contribution in [3.05, 3.63) is 42.9 Å². The van der Waals surface area contributed by atoms with Gasteiger partial charge in [0.15, 0.2) is 5.65 Å². The van der Waals surface area contributed by atoms with Crippen molar-refractivity contribution in [3.8, 4) is 5.69 Å². The molecule has 1 aromatic carbocycles. The van der Waals surface area contributed by atoms with E-state index >= 15 is 0 Å². The molecule has 22 heavy (non-hydrogen) atoms. The number of piperidine rings is 1. The van der Waals surface area contributed by atoms with E-state index in [1.807, 2.05) is 41.2 Å². The second kappa shape index (κ2) is 5.40. The van der Waals surface area contributed by atoms with E-state index in [0.29, 0.717) is 5.92 Å². The highest BCUT2D eigenvalue weighted by molar-refractivity contribution is 5.87. The quantitative estimate of drug-likeness (QED) is 0.728. The van der Waals surface area contributed by atoms with Gasteiger partial charge in [-0.15, -0.1) is 0 Å².